The molecule has 2 aromatic rings. The van der Waals surface area contributed by atoms with Crippen molar-refractivity contribution in [1.82, 2.24) is 20.2 Å². The van der Waals surface area contributed by atoms with Crippen LogP contribution in [0.2, 0.25) is 0 Å². The zero-order valence-corrected chi connectivity index (χ0v) is 13.6. The van der Waals surface area contributed by atoms with Crippen molar-refractivity contribution < 1.29 is 9.59 Å². The summed E-state index contributed by atoms with van der Waals surface area (Å²) < 4.78 is 0. The average molecular weight is 324 g/mol. The number of rotatable bonds is 4. The van der Waals surface area contributed by atoms with Crippen LogP contribution in [-0.4, -0.2) is 46.3 Å². The maximum absolute atomic E-state index is 12.6. The summed E-state index contributed by atoms with van der Waals surface area (Å²) in [5.74, 6) is 0.520. The summed E-state index contributed by atoms with van der Waals surface area (Å²) in [4.78, 5) is 34.6. The number of likely N-dealkylation sites (tertiary alicyclic amines) is 1. The minimum absolute atomic E-state index is 0.0318. The third kappa shape index (κ3) is 3.42. The molecule has 1 N–H and O–H groups in total. The van der Waals surface area contributed by atoms with Crippen molar-refractivity contribution in [1.29, 1.82) is 0 Å². The maximum Gasteiger partial charge on any atom is 0.253 e. The van der Waals surface area contributed by atoms with E-state index in [9.17, 15) is 9.59 Å². The molecule has 0 spiro atoms. The summed E-state index contributed by atoms with van der Waals surface area (Å²) >= 11 is 0. The molecule has 0 aliphatic carbocycles. The standard InChI is InChI=1S/C18H20N4O2/c1-2-19-17(23)15-8-11-22(12-15)18(24)14-6-4-13(5-7-14)16-20-9-3-10-21-16/h3-7,9-10,15H,2,8,11-12H2,1H3,(H,19,23). The molecule has 6 heteroatoms. The highest BCUT2D eigenvalue weighted by atomic mass is 16.2. The Morgan fingerprint density at radius 1 is 1.21 bits per heavy atom. The van der Waals surface area contributed by atoms with Gasteiger partial charge in [-0.25, -0.2) is 9.97 Å². The summed E-state index contributed by atoms with van der Waals surface area (Å²) in [5.41, 5.74) is 1.49. The van der Waals surface area contributed by atoms with Crippen molar-refractivity contribution in [2.45, 2.75) is 13.3 Å². The predicted octanol–water partition coefficient (Wildman–Crippen LogP) is 1.74. The minimum Gasteiger partial charge on any atom is -0.356 e. The van der Waals surface area contributed by atoms with Gasteiger partial charge in [0.25, 0.3) is 5.91 Å². The van der Waals surface area contributed by atoms with Gasteiger partial charge in [-0.15, -0.1) is 0 Å². The zero-order chi connectivity index (χ0) is 16.9. The van der Waals surface area contributed by atoms with Crippen molar-refractivity contribution in [3.05, 3.63) is 48.3 Å². The summed E-state index contributed by atoms with van der Waals surface area (Å²) in [6.07, 6.45) is 4.09. The van der Waals surface area contributed by atoms with Gasteiger partial charge in [0.15, 0.2) is 5.82 Å². The molecule has 24 heavy (non-hydrogen) atoms. The molecule has 1 aromatic heterocycles. The van der Waals surface area contributed by atoms with Crippen molar-refractivity contribution in [3.8, 4) is 11.4 Å². The summed E-state index contributed by atoms with van der Waals surface area (Å²) in [7, 11) is 0. The van der Waals surface area contributed by atoms with E-state index in [0.29, 0.717) is 37.4 Å². The normalized spacial score (nSPS) is 16.9. The van der Waals surface area contributed by atoms with Crippen LogP contribution in [-0.2, 0) is 4.79 Å². The van der Waals surface area contributed by atoms with E-state index in [4.69, 9.17) is 0 Å². The SMILES string of the molecule is CCNC(=O)C1CCN(C(=O)c2ccc(-c3ncccn3)cc2)C1. The van der Waals surface area contributed by atoms with Crippen LogP contribution in [0.15, 0.2) is 42.7 Å². The monoisotopic (exact) mass is 324 g/mol. The van der Waals surface area contributed by atoms with Gasteiger partial charge in [-0.05, 0) is 31.5 Å². The van der Waals surface area contributed by atoms with E-state index in [-0.39, 0.29) is 17.7 Å². The first kappa shape index (κ1) is 16.1. The molecule has 124 valence electrons. The van der Waals surface area contributed by atoms with Crippen molar-refractivity contribution in [2.24, 2.45) is 5.92 Å². The molecule has 1 aliphatic heterocycles. The fourth-order valence-electron chi connectivity index (χ4n) is 2.87. The highest BCUT2D eigenvalue weighted by Gasteiger charge is 2.31. The first-order chi connectivity index (χ1) is 11.7. The zero-order valence-electron chi connectivity index (χ0n) is 13.6. The summed E-state index contributed by atoms with van der Waals surface area (Å²) in [5, 5.41) is 2.82. The molecule has 2 heterocycles. The molecule has 0 bridgehead atoms. The number of nitrogens with one attached hydrogen (secondary N) is 1. The molecule has 1 atom stereocenters. The van der Waals surface area contributed by atoms with Gasteiger partial charge in [0.1, 0.15) is 0 Å². The van der Waals surface area contributed by atoms with Crippen LogP contribution in [0.25, 0.3) is 11.4 Å². The lowest BCUT2D eigenvalue weighted by Gasteiger charge is -2.16. The molecule has 0 saturated carbocycles. The van der Waals surface area contributed by atoms with E-state index < -0.39 is 0 Å². The van der Waals surface area contributed by atoms with Gasteiger partial charge >= 0.3 is 0 Å². The van der Waals surface area contributed by atoms with Gasteiger partial charge in [-0.1, -0.05) is 12.1 Å². The molecule has 0 radical (unpaired) electrons. The van der Waals surface area contributed by atoms with Crippen molar-refractivity contribution in [3.63, 3.8) is 0 Å². The van der Waals surface area contributed by atoms with Crippen LogP contribution in [0.3, 0.4) is 0 Å². The lowest BCUT2D eigenvalue weighted by atomic mass is 10.1. The molecule has 3 rings (SSSR count). The fraction of sp³-hybridized carbons (Fsp3) is 0.333. The Hall–Kier alpha value is -2.76. The Kier molecular flexibility index (Phi) is 4.84. The Bertz CT molecular complexity index is 716. The van der Waals surface area contributed by atoms with Crippen LogP contribution in [0.1, 0.15) is 23.7 Å². The molecule has 1 aliphatic rings. The largest absolute Gasteiger partial charge is 0.356 e. The number of hydrogen-bond acceptors (Lipinski definition) is 4. The number of carbonyl (C=O) groups excluding carboxylic acids is 2. The Morgan fingerprint density at radius 2 is 1.92 bits per heavy atom. The number of amides is 2. The lowest BCUT2D eigenvalue weighted by molar-refractivity contribution is -0.124. The molecule has 1 saturated heterocycles. The first-order valence-electron chi connectivity index (χ1n) is 8.13. The van der Waals surface area contributed by atoms with Crippen LogP contribution in [0, 0.1) is 5.92 Å². The van der Waals surface area contributed by atoms with E-state index in [1.807, 2.05) is 19.1 Å². The van der Waals surface area contributed by atoms with Gasteiger partial charge in [0.2, 0.25) is 5.91 Å². The summed E-state index contributed by atoms with van der Waals surface area (Å²) in [6.45, 7) is 3.61. The Morgan fingerprint density at radius 3 is 2.58 bits per heavy atom. The number of aromatic nitrogens is 2. The van der Waals surface area contributed by atoms with E-state index in [2.05, 4.69) is 15.3 Å². The van der Waals surface area contributed by atoms with Gasteiger partial charge < -0.3 is 10.2 Å². The molecule has 2 amide bonds. The second-order valence-corrected chi connectivity index (χ2v) is 5.78. The minimum atomic E-state index is -0.106. The molecular weight excluding hydrogens is 304 g/mol. The Labute approximate surface area is 140 Å². The second kappa shape index (κ2) is 7.21. The van der Waals surface area contributed by atoms with Gasteiger partial charge in [-0.3, -0.25) is 9.59 Å². The molecule has 1 aromatic carbocycles. The van der Waals surface area contributed by atoms with E-state index in [0.717, 1.165) is 5.56 Å². The highest BCUT2D eigenvalue weighted by Crippen LogP contribution is 2.20. The predicted molar refractivity (Wildman–Crippen MR) is 90.2 cm³/mol. The Balaban J connectivity index is 1.67. The number of nitrogens with zero attached hydrogens (tertiary/aromatic N) is 3. The third-order valence-corrected chi connectivity index (χ3v) is 4.15. The van der Waals surface area contributed by atoms with Gasteiger partial charge in [0.05, 0.1) is 5.92 Å². The highest BCUT2D eigenvalue weighted by molar-refractivity contribution is 5.95. The number of benzene rings is 1. The van der Waals surface area contributed by atoms with Crippen LogP contribution in [0.4, 0.5) is 0 Å². The number of hydrogen-bond donors (Lipinski definition) is 1. The van der Waals surface area contributed by atoms with Gasteiger partial charge in [0, 0.05) is 43.2 Å². The van der Waals surface area contributed by atoms with E-state index >= 15 is 0 Å². The van der Waals surface area contributed by atoms with Crippen molar-refractivity contribution >= 4 is 11.8 Å². The van der Waals surface area contributed by atoms with E-state index in [1.165, 1.54) is 0 Å². The van der Waals surface area contributed by atoms with Crippen LogP contribution in [0.5, 0.6) is 0 Å². The molecule has 1 unspecified atom stereocenters. The fourth-order valence-corrected chi connectivity index (χ4v) is 2.87. The molecular formula is C18H20N4O2. The molecule has 6 nitrogen and oxygen atoms in total. The van der Waals surface area contributed by atoms with Crippen LogP contribution >= 0.6 is 0 Å². The summed E-state index contributed by atoms with van der Waals surface area (Å²) in [6, 6.07) is 9.03. The lowest BCUT2D eigenvalue weighted by Crippen LogP contribution is -2.34. The van der Waals surface area contributed by atoms with Crippen LogP contribution < -0.4 is 5.32 Å². The first-order valence-corrected chi connectivity index (χ1v) is 8.13. The van der Waals surface area contributed by atoms with E-state index in [1.54, 1.807) is 35.5 Å². The topological polar surface area (TPSA) is 75.2 Å². The van der Waals surface area contributed by atoms with Gasteiger partial charge in [-0.2, -0.15) is 0 Å². The maximum atomic E-state index is 12.6. The number of carbonyl (C=O) groups is 2. The molecule has 1 fully saturated rings. The van der Waals surface area contributed by atoms with Crippen molar-refractivity contribution in [2.75, 3.05) is 19.6 Å². The second-order valence-electron chi connectivity index (χ2n) is 5.78. The third-order valence-electron chi connectivity index (χ3n) is 4.15. The quantitative estimate of drug-likeness (QED) is 0.929. The smallest absolute Gasteiger partial charge is 0.253 e. The average Bonchev–Trinajstić information content (AvgIpc) is 3.12.